The van der Waals surface area contributed by atoms with Crippen LogP contribution in [0, 0.1) is 13.8 Å². The summed E-state index contributed by atoms with van der Waals surface area (Å²) >= 11 is 0. The van der Waals surface area contributed by atoms with E-state index in [-0.39, 0.29) is 31.0 Å². The van der Waals surface area contributed by atoms with E-state index in [9.17, 15) is 39.0 Å². The molecule has 0 spiro atoms. The van der Waals surface area contributed by atoms with Gasteiger partial charge in [0.2, 0.25) is 0 Å². The van der Waals surface area contributed by atoms with Crippen LogP contribution in [-0.2, 0) is 31.8 Å². The Kier molecular flexibility index (Phi) is 12.2. The van der Waals surface area contributed by atoms with E-state index in [1.54, 1.807) is 13.8 Å². The summed E-state index contributed by atoms with van der Waals surface area (Å²) < 4.78 is 26.6. The summed E-state index contributed by atoms with van der Waals surface area (Å²) in [5, 5.41) is 35.5. The highest BCUT2D eigenvalue weighted by molar-refractivity contribution is 5.88. The van der Waals surface area contributed by atoms with Crippen LogP contribution >= 0.6 is 0 Å². The van der Waals surface area contributed by atoms with E-state index in [0.717, 1.165) is 0 Å². The number of ether oxygens (including phenoxy) is 4. The standard InChI is InChI=1S/2C16H21N5O6/c1-4-9-13(15(24)26-3)18-19-21(9)10-5-12(27-11(10)7-22)20-6-8(2)14(23)17-16(20)25;1-4-9-13(15(24)26-3)21(19-18-9)10-5-12(27-11(10)7-22)20-6-8(2)14(23)17-16(20)25/h2*6,10-12,22H,4-5,7H2,1-3H3,(H,17,23,25)/t2*10-,11+,12+/m00/s1. The van der Waals surface area contributed by atoms with Crippen LogP contribution in [0.3, 0.4) is 0 Å². The van der Waals surface area contributed by atoms with Crippen LogP contribution < -0.4 is 22.5 Å². The second-order valence-corrected chi connectivity index (χ2v) is 12.5. The van der Waals surface area contributed by atoms with Gasteiger partial charge in [0.05, 0.1) is 50.9 Å². The quantitative estimate of drug-likeness (QED) is 0.136. The van der Waals surface area contributed by atoms with Crippen LogP contribution in [0.15, 0.2) is 31.6 Å². The fourth-order valence-corrected chi connectivity index (χ4v) is 6.48. The smallest absolute Gasteiger partial charge is 0.360 e. The molecule has 292 valence electrons. The maximum absolute atomic E-state index is 12.2. The minimum absolute atomic E-state index is 0.109. The molecular weight excluding hydrogens is 716 g/mol. The predicted octanol–water partition coefficient (Wildman–Crippen LogP) is -1.39. The lowest BCUT2D eigenvalue weighted by molar-refractivity contribution is -0.0326. The van der Waals surface area contributed by atoms with Gasteiger partial charge in [0.15, 0.2) is 11.4 Å². The predicted molar refractivity (Wildman–Crippen MR) is 183 cm³/mol. The van der Waals surface area contributed by atoms with Gasteiger partial charge in [-0.05, 0) is 26.7 Å². The number of nitrogens with zero attached hydrogens (tertiary/aromatic N) is 8. The first kappa shape index (κ1) is 39.6. The highest BCUT2D eigenvalue weighted by atomic mass is 16.5. The Morgan fingerprint density at radius 1 is 0.778 bits per heavy atom. The Bertz CT molecular complexity index is 2230. The number of aromatic amines is 2. The van der Waals surface area contributed by atoms with Crippen LogP contribution in [-0.4, -0.2) is 111 Å². The van der Waals surface area contributed by atoms with E-state index >= 15 is 0 Å². The molecule has 0 aliphatic carbocycles. The minimum Gasteiger partial charge on any atom is -0.464 e. The van der Waals surface area contributed by atoms with Crippen LogP contribution in [0.4, 0.5) is 0 Å². The fourth-order valence-electron chi connectivity index (χ4n) is 6.48. The maximum Gasteiger partial charge on any atom is 0.360 e. The Morgan fingerprint density at radius 2 is 1.26 bits per heavy atom. The van der Waals surface area contributed by atoms with E-state index in [2.05, 4.69) is 30.6 Å². The number of hydrogen-bond donors (Lipinski definition) is 4. The lowest BCUT2D eigenvalue weighted by Gasteiger charge is -2.17. The summed E-state index contributed by atoms with van der Waals surface area (Å²) in [5.41, 5.74) is -0.102. The molecular formula is C32H42N10O12. The monoisotopic (exact) mass is 758 g/mol. The number of methoxy groups -OCH3 is 2. The number of hydrogen-bond acceptors (Lipinski definition) is 16. The Labute approximate surface area is 305 Å². The molecule has 0 saturated carbocycles. The van der Waals surface area contributed by atoms with Crippen molar-refractivity contribution < 1.29 is 38.7 Å². The van der Waals surface area contributed by atoms with Crippen LogP contribution in [0.25, 0.3) is 0 Å². The summed E-state index contributed by atoms with van der Waals surface area (Å²) in [6.07, 6.45) is 1.49. The molecule has 22 nitrogen and oxygen atoms in total. The number of aliphatic hydroxyl groups is 2. The van der Waals surface area contributed by atoms with Crippen molar-refractivity contribution in [2.24, 2.45) is 0 Å². The molecule has 0 amide bonds. The maximum atomic E-state index is 12.2. The number of esters is 2. The Morgan fingerprint density at radius 3 is 1.70 bits per heavy atom. The number of rotatable bonds is 10. The zero-order valence-electron chi connectivity index (χ0n) is 30.4. The van der Waals surface area contributed by atoms with Crippen LogP contribution in [0.2, 0.25) is 0 Å². The molecule has 2 aliphatic rings. The summed E-state index contributed by atoms with van der Waals surface area (Å²) in [6.45, 7) is 6.18. The highest BCUT2D eigenvalue weighted by Gasteiger charge is 2.42. The molecule has 0 aromatic carbocycles. The molecule has 0 radical (unpaired) electrons. The highest BCUT2D eigenvalue weighted by Crippen LogP contribution is 2.38. The average molecular weight is 759 g/mol. The van der Waals surface area contributed by atoms with Gasteiger partial charge in [-0.2, -0.15) is 0 Å². The second kappa shape index (κ2) is 16.6. The molecule has 6 rings (SSSR count). The van der Waals surface area contributed by atoms with Crippen molar-refractivity contribution in [3.63, 3.8) is 0 Å². The molecule has 6 atom stereocenters. The van der Waals surface area contributed by atoms with Gasteiger partial charge in [0, 0.05) is 36.4 Å². The zero-order chi connectivity index (χ0) is 39.4. The number of aromatic nitrogens is 10. The van der Waals surface area contributed by atoms with Gasteiger partial charge in [-0.1, -0.05) is 24.3 Å². The average Bonchev–Trinajstić information content (AvgIpc) is 3.97. The van der Waals surface area contributed by atoms with Crippen molar-refractivity contribution in [2.75, 3.05) is 27.4 Å². The number of nitrogens with one attached hydrogen (secondary N) is 2. The molecule has 54 heavy (non-hydrogen) atoms. The largest absolute Gasteiger partial charge is 0.464 e. The Balaban J connectivity index is 0.000000208. The first-order valence-electron chi connectivity index (χ1n) is 17.0. The van der Waals surface area contributed by atoms with Crippen LogP contribution in [0.5, 0.6) is 0 Å². The van der Waals surface area contributed by atoms with Crippen molar-refractivity contribution in [3.8, 4) is 0 Å². The topological polar surface area (TPSA) is 283 Å². The van der Waals surface area contributed by atoms with E-state index in [1.807, 2.05) is 13.8 Å². The summed E-state index contributed by atoms with van der Waals surface area (Å²) in [7, 11) is 2.52. The molecule has 4 aromatic rings. The van der Waals surface area contributed by atoms with Gasteiger partial charge in [-0.3, -0.25) is 28.7 Å². The first-order valence-corrected chi connectivity index (χ1v) is 17.0. The van der Waals surface area contributed by atoms with Gasteiger partial charge in [0.1, 0.15) is 24.7 Å². The van der Waals surface area contributed by atoms with Crippen molar-refractivity contribution in [1.29, 1.82) is 0 Å². The van der Waals surface area contributed by atoms with Crippen molar-refractivity contribution >= 4 is 11.9 Å². The SMILES string of the molecule is CCc1c(C(=O)OC)nnn1[C@H]1C[C@H](n2cc(C)c(=O)[nH]c2=O)O[C@@H]1CO.CCc1nnn([C@H]2C[C@H](n3cc(C)c(=O)[nH]c3=O)O[C@@H]2CO)c1C(=O)OC. The molecule has 4 N–H and O–H groups in total. The second-order valence-electron chi connectivity index (χ2n) is 12.5. The van der Waals surface area contributed by atoms with Gasteiger partial charge in [0.25, 0.3) is 11.1 Å². The molecule has 22 heteroatoms. The van der Waals surface area contributed by atoms with Crippen molar-refractivity contribution in [3.05, 3.63) is 88.0 Å². The molecule has 2 fully saturated rings. The van der Waals surface area contributed by atoms with Crippen molar-refractivity contribution in [2.45, 2.75) is 90.1 Å². The summed E-state index contributed by atoms with van der Waals surface area (Å²) in [6, 6.07) is -0.985. The number of carbonyl (C=O) groups excluding carboxylic acids is 2. The van der Waals surface area contributed by atoms with E-state index in [1.165, 1.54) is 45.1 Å². The van der Waals surface area contributed by atoms with Crippen LogP contribution in [0.1, 0.15) is 94.7 Å². The lowest BCUT2D eigenvalue weighted by Crippen LogP contribution is -2.33. The summed E-state index contributed by atoms with van der Waals surface area (Å²) in [5.74, 6) is -1.18. The molecule has 4 aromatic heterocycles. The molecule has 0 unspecified atom stereocenters. The van der Waals surface area contributed by atoms with Crippen molar-refractivity contribution in [1.82, 2.24) is 49.1 Å². The van der Waals surface area contributed by atoms with Gasteiger partial charge >= 0.3 is 23.3 Å². The first-order chi connectivity index (χ1) is 25.8. The number of aliphatic hydroxyl groups excluding tert-OH is 2. The van der Waals surface area contributed by atoms with Gasteiger partial charge in [-0.25, -0.2) is 28.5 Å². The normalized spacial score (nSPS) is 22.1. The number of H-pyrrole nitrogens is 2. The zero-order valence-corrected chi connectivity index (χ0v) is 30.4. The lowest BCUT2D eigenvalue weighted by atomic mass is 10.1. The fraction of sp³-hybridized carbons (Fsp3) is 0.562. The van der Waals surface area contributed by atoms with Gasteiger partial charge < -0.3 is 29.2 Å². The van der Waals surface area contributed by atoms with E-state index < -0.39 is 71.2 Å². The Hall–Kier alpha value is -5.58. The molecule has 2 aliphatic heterocycles. The molecule has 0 bridgehead atoms. The third kappa shape index (κ3) is 7.58. The third-order valence-electron chi connectivity index (χ3n) is 9.29. The van der Waals surface area contributed by atoms with Gasteiger partial charge in [-0.15, -0.1) is 10.2 Å². The third-order valence-corrected chi connectivity index (χ3v) is 9.29. The minimum atomic E-state index is -0.741. The number of carbonyl (C=O) groups is 2. The summed E-state index contributed by atoms with van der Waals surface area (Å²) in [4.78, 5) is 76.0. The molecule has 6 heterocycles. The van der Waals surface area contributed by atoms with E-state index in [4.69, 9.17) is 18.9 Å². The molecule has 2 saturated heterocycles. The number of aryl methyl sites for hydroxylation is 3. The van der Waals surface area contributed by atoms with E-state index in [0.29, 0.717) is 41.8 Å².